The molecule has 0 saturated carbocycles. The Kier molecular flexibility index (Phi) is 6.91. The van der Waals surface area contributed by atoms with Crippen molar-refractivity contribution in [2.24, 2.45) is 0 Å². The van der Waals surface area contributed by atoms with Gasteiger partial charge in [0.2, 0.25) is 0 Å². The smallest absolute Gasteiger partial charge is 0.252 e. The van der Waals surface area contributed by atoms with Gasteiger partial charge in [0, 0.05) is 38.2 Å². The number of thiophene rings is 1. The van der Waals surface area contributed by atoms with E-state index in [-0.39, 0.29) is 18.0 Å². The van der Waals surface area contributed by atoms with Gasteiger partial charge in [-0.2, -0.15) is 4.31 Å². The predicted molar refractivity (Wildman–Crippen MR) is 138 cm³/mol. The largest absolute Gasteiger partial charge is 0.383 e. The van der Waals surface area contributed by atoms with E-state index in [1.165, 1.54) is 33.6 Å². The number of ether oxygens (including phenoxy) is 1. The van der Waals surface area contributed by atoms with E-state index in [0.717, 1.165) is 19.4 Å². The van der Waals surface area contributed by atoms with Crippen molar-refractivity contribution in [2.45, 2.75) is 42.0 Å². The Balaban J connectivity index is 1.43. The molecule has 2 aromatic carbocycles. The minimum absolute atomic E-state index is 0.153. The summed E-state index contributed by atoms with van der Waals surface area (Å²) in [5, 5.41) is 1.83. The maximum atomic E-state index is 13.4. The number of benzene rings is 2. The summed E-state index contributed by atoms with van der Waals surface area (Å²) in [6.07, 6.45) is 1.87. The molecule has 0 radical (unpaired) electrons. The lowest BCUT2D eigenvalue weighted by atomic mass is 9.74. The SMILES string of the molecule is COC[C@@H]1[C@@H](c2ccc(-c3cccc(C)c3)cc2)[C@@H]2CN(S(=O)(=O)c3cccs3)CCCCN12. The minimum Gasteiger partial charge on any atom is -0.383 e. The van der Waals surface area contributed by atoms with Crippen molar-refractivity contribution in [1.29, 1.82) is 0 Å². The summed E-state index contributed by atoms with van der Waals surface area (Å²) in [5.41, 5.74) is 4.92. The topological polar surface area (TPSA) is 49.9 Å². The highest BCUT2D eigenvalue weighted by Crippen LogP contribution is 2.43. The first-order chi connectivity index (χ1) is 16.5. The Bertz CT molecular complexity index is 1210. The van der Waals surface area contributed by atoms with E-state index in [1.807, 2.05) is 11.4 Å². The van der Waals surface area contributed by atoms with Crippen LogP contribution < -0.4 is 0 Å². The van der Waals surface area contributed by atoms with Crippen LogP contribution in [0.2, 0.25) is 0 Å². The van der Waals surface area contributed by atoms with Gasteiger partial charge >= 0.3 is 0 Å². The van der Waals surface area contributed by atoms with Gasteiger partial charge < -0.3 is 4.74 Å². The zero-order valence-corrected chi connectivity index (χ0v) is 21.4. The third-order valence-electron chi connectivity index (χ3n) is 7.22. The molecule has 0 N–H and O–H groups in total. The molecule has 7 heteroatoms. The number of rotatable bonds is 6. The molecule has 2 aliphatic heterocycles. The number of sulfonamides is 1. The van der Waals surface area contributed by atoms with Gasteiger partial charge in [0.1, 0.15) is 4.21 Å². The molecule has 5 rings (SSSR count). The lowest BCUT2D eigenvalue weighted by Crippen LogP contribution is -2.68. The first-order valence-electron chi connectivity index (χ1n) is 11.9. The number of methoxy groups -OCH3 is 1. The van der Waals surface area contributed by atoms with Crippen LogP contribution in [-0.2, 0) is 14.8 Å². The molecule has 0 amide bonds. The maximum absolute atomic E-state index is 13.4. The minimum atomic E-state index is -3.47. The zero-order valence-electron chi connectivity index (χ0n) is 19.8. The molecule has 2 aliphatic rings. The molecule has 0 aliphatic carbocycles. The van der Waals surface area contributed by atoms with Crippen molar-refractivity contribution < 1.29 is 13.2 Å². The summed E-state index contributed by atoms with van der Waals surface area (Å²) in [6.45, 7) is 4.85. The lowest BCUT2D eigenvalue weighted by Gasteiger charge is -2.57. The Labute approximate surface area is 207 Å². The number of nitrogens with zero attached hydrogens (tertiary/aromatic N) is 2. The molecule has 3 heterocycles. The van der Waals surface area contributed by atoms with Crippen LogP contribution in [0.25, 0.3) is 11.1 Å². The van der Waals surface area contributed by atoms with Gasteiger partial charge in [0.05, 0.1) is 6.61 Å². The Morgan fingerprint density at radius 3 is 2.50 bits per heavy atom. The highest BCUT2D eigenvalue weighted by atomic mass is 32.2. The van der Waals surface area contributed by atoms with Gasteiger partial charge in [-0.3, -0.25) is 4.90 Å². The second kappa shape index (κ2) is 9.91. The van der Waals surface area contributed by atoms with Gasteiger partial charge in [-0.05, 0) is 54.4 Å². The third kappa shape index (κ3) is 4.48. The van der Waals surface area contributed by atoms with E-state index in [9.17, 15) is 8.42 Å². The second-order valence-corrected chi connectivity index (χ2v) is 12.5. The number of aryl methyl sites for hydroxylation is 1. The average molecular weight is 497 g/mol. The van der Waals surface area contributed by atoms with Crippen LogP contribution in [0.5, 0.6) is 0 Å². The molecule has 3 atom stereocenters. The van der Waals surface area contributed by atoms with Crippen LogP contribution in [0.15, 0.2) is 70.3 Å². The highest BCUT2D eigenvalue weighted by molar-refractivity contribution is 7.91. The summed E-state index contributed by atoms with van der Waals surface area (Å²) in [5.74, 6) is 0.241. The van der Waals surface area contributed by atoms with Crippen molar-refractivity contribution in [3.8, 4) is 11.1 Å². The molecule has 5 nitrogen and oxygen atoms in total. The summed E-state index contributed by atoms with van der Waals surface area (Å²) >= 11 is 1.30. The second-order valence-electron chi connectivity index (χ2n) is 9.35. The van der Waals surface area contributed by atoms with Crippen LogP contribution in [0.1, 0.15) is 29.9 Å². The van der Waals surface area contributed by atoms with Gasteiger partial charge in [-0.25, -0.2) is 8.42 Å². The number of hydrogen-bond donors (Lipinski definition) is 0. The van der Waals surface area contributed by atoms with E-state index in [0.29, 0.717) is 23.9 Å². The van der Waals surface area contributed by atoms with Crippen molar-refractivity contribution in [1.82, 2.24) is 9.21 Å². The fourth-order valence-electron chi connectivity index (χ4n) is 5.54. The molecule has 0 bridgehead atoms. The van der Waals surface area contributed by atoms with Crippen LogP contribution in [0, 0.1) is 6.92 Å². The van der Waals surface area contributed by atoms with Crippen molar-refractivity contribution in [3.63, 3.8) is 0 Å². The first kappa shape index (κ1) is 23.7. The summed E-state index contributed by atoms with van der Waals surface area (Å²) in [4.78, 5) is 2.47. The standard InChI is InChI=1S/C27H32N2O3S2/c1-20-7-5-8-23(17-20)21-10-12-22(13-11-21)27-24-18-28(34(30,31)26-9-6-16-33-26)14-3-4-15-29(24)25(27)19-32-2/h5-13,16-17,24-25,27H,3-4,14-15,18-19H2,1-2H3/t24-,25+,27-/m0/s1. The number of fused-ring (bicyclic) bond motifs is 1. The van der Waals surface area contributed by atoms with Crippen LogP contribution in [-0.4, -0.2) is 63.1 Å². The molecule has 2 fully saturated rings. The predicted octanol–water partition coefficient (Wildman–Crippen LogP) is 4.99. The van der Waals surface area contributed by atoms with E-state index in [4.69, 9.17) is 4.74 Å². The van der Waals surface area contributed by atoms with Crippen molar-refractivity contribution in [2.75, 3.05) is 33.4 Å². The van der Waals surface area contributed by atoms with Crippen LogP contribution in [0.4, 0.5) is 0 Å². The quantitative estimate of drug-likeness (QED) is 0.482. The van der Waals surface area contributed by atoms with Gasteiger partial charge in [-0.15, -0.1) is 11.3 Å². The molecule has 1 aromatic heterocycles. The normalized spacial score (nSPS) is 24.1. The number of hydrogen-bond acceptors (Lipinski definition) is 5. The molecule has 0 spiro atoms. The molecule has 0 unspecified atom stereocenters. The van der Waals surface area contributed by atoms with E-state index >= 15 is 0 Å². The van der Waals surface area contributed by atoms with Crippen LogP contribution >= 0.6 is 11.3 Å². The Hall–Kier alpha value is -2.03. The third-order valence-corrected chi connectivity index (χ3v) is 10.5. The summed E-state index contributed by atoms with van der Waals surface area (Å²) < 4.78 is 34.5. The van der Waals surface area contributed by atoms with E-state index < -0.39 is 10.0 Å². The monoisotopic (exact) mass is 496 g/mol. The van der Waals surface area contributed by atoms with Gasteiger partial charge in [0.25, 0.3) is 10.0 Å². The Morgan fingerprint density at radius 1 is 1.00 bits per heavy atom. The van der Waals surface area contributed by atoms with Crippen LogP contribution in [0.3, 0.4) is 0 Å². The zero-order chi connectivity index (χ0) is 23.7. The molecule has 2 saturated heterocycles. The van der Waals surface area contributed by atoms with Crippen molar-refractivity contribution in [3.05, 3.63) is 77.2 Å². The lowest BCUT2D eigenvalue weighted by molar-refractivity contribution is -0.0634. The van der Waals surface area contributed by atoms with E-state index in [2.05, 4.69) is 60.4 Å². The van der Waals surface area contributed by atoms with Gasteiger partial charge in [0.15, 0.2) is 0 Å². The maximum Gasteiger partial charge on any atom is 0.252 e. The van der Waals surface area contributed by atoms with Crippen molar-refractivity contribution >= 4 is 21.4 Å². The molecule has 3 aromatic rings. The molecule has 180 valence electrons. The first-order valence-corrected chi connectivity index (χ1v) is 14.3. The van der Waals surface area contributed by atoms with Gasteiger partial charge in [-0.1, -0.05) is 60.2 Å². The highest BCUT2D eigenvalue weighted by Gasteiger charge is 2.50. The molecular weight excluding hydrogens is 464 g/mol. The summed E-state index contributed by atoms with van der Waals surface area (Å²) in [7, 11) is -1.72. The summed E-state index contributed by atoms with van der Waals surface area (Å²) in [6, 6.07) is 21.3. The average Bonchev–Trinajstić information content (AvgIpc) is 3.36. The molecule has 34 heavy (non-hydrogen) atoms. The fourth-order valence-corrected chi connectivity index (χ4v) is 8.18. The fraction of sp³-hybridized carbons (Fsp3) is 0.407. The van der Waals surface area contributed by atoms with E-state index in [1.54, 1.807) is 17.5 Å². The molecular formula is C27H32N2O3S2. The Morgan fingerprint density at radius 2 is 1.79 bits per heavy atom.